The second-order valence-corrected chi connectivity index (χ2v) is 5.69. The molecule has 0 aliphatic carbocycles. The zero-order valence-electron chi connectivity index (χ0n) is 11.9. The number of rotatable bonds is 7. The summed E-state index contributed by atoms with van der Waals surface area (Å²) in [4.78, 5) is 11.9. The number of nitrogens with zero attached hydrogens (tertiary/aromatic N) is 1. The summed E-state index contributed by atoms with van der Waals surface area (Å²) in [5.74, 6) is 0.794. The number of thioether (sulfide) groups is 1. The molecule has 2 aromatic rings. The molecule has 0 spiro atoms. The van der Waals surface area contributed by atoms with Crippen molar-refractivity contribution in [3.05, 3.63) is 64.2 Å². The normalized spacial score (nSPS) is 10.3. The molecule has 0 heterocycles. The van der Waals surface area contributed by atoms with Crippen LogP contribution in [-0.2, 0) is 5.75 Å². The van der Waals surface area contributed by atoms with Crippen molar-refractivity contribution in [1.29, 1.82) is 0 Å². The zero-order valence-corrected chi connectivity index (χ0v) is 12.7. The fourth-order valence-electron chi connectivity index (χ4n) is 1.92. The fourth-order valence-corrected chi connectivity index (χ4v) is 2.78. The summed E-state index contributed by atoms with van der Waals surface area (Å²) in [6, 6.07) is 15.4. The van der Waals surface area contributed by atoms with Crippen molar-refractivity contribution in [2.45, 2.75) is 24.0 Å². The monoisotopic (exact) mass is 302 g/mol. The third-order valence-electron chi connectivity index (χ3n) is 2.97. The van der Waals surface area contributed by atoms with Crippen LogP contribution in [-0.4, -0.2) is 11.5 Å². The highest BCUT2D eigenvalue weighted by molar-refractivity contribution is 7.98. The van der Waals surface area contributed by atoms with Gasteiger partial charge in [-0.05, 0) is 30.2 Å². The molecule has 110 valence electrons. The molecule has 21 heavy (non-hydrogen) atoms. The van der Waals surface area contributed by atoms with Gasteiger partial charge in [0.2, 0.25) is 0 Å². The lowest BCUT2D eigenvalue weighted by Crippen LogP contribution is -2.03. The Balaban J connectivity index is 2.11. The molecule has 0 aliphatic heterocycles. The van der Waals surface area contributed by atoms with Crippen molar-refractivity contribution in [1.82, 2.24) is 0 Å². The van der Waals surface area contributed by atoms with Gasteiger partial charge in [-0.1, -0.05) is 31.2 Å². The Kier molecular flexibility index (Phi) is 5.63. The molecular weight excluding hydrogens is 284 g/mol. The van der Waals surface area contributed by atoms with Crippen LogP contribution in [0.25, 0.3) is 0 Å². The molecule has 0 saturated carbocycles. The molecular formula is C16H18N2O2S. The molecule has 0 radical (unpaired) electrons. The summed E-state index contributed by atoms with van der Waals surface area (Å²) >= 11 is 1.72. The van der Waals surface area contributed by atoms with E-state index in [0.717, 1.165) is 24.3 Å². The maximum absolute atomic E-state index is 11.0. The first-order valence-corrected chi connectivity index (χ1v) is 7.88. The smallest absolute Gasteiger partial charge is 0.292 e. The molecule has 2 rings (SSSR count). The Morgan fingerprint density at radius 2 is 1.95 bits per heavy atom. The van der Waals surface area contributed by atoms with E-state index < -0.39 is 0 Å². The van der Waals surface area contributed by atoms with Crippen LogP contribution in [0, 0.1) is 10.1 Å². The zero-order chi connectivity index (χ0) is 15.1. The van der Waals surface area contributed by atoms with E-state index in [1.54, 1.807) is 17.8 Å². The first-order chi connectivity index (χ1) is 10.2. The summed E-state index contributed by atoms with van der Waals surface area (Å²) in [6.07, 6.45) is 0.931. The molecule has 2 aromatic carbocycles. The largest absolute Gasteiger partial charge is 0.379 e. The Bertz CT molecular complexity index is 602. The van der Waals surface area contributed by atoms with Crippen molar-refractivity contribution in [3.8, 4) is 0 Å². The second-order valence-electron chi connectivity index (χ2n) is 4.64. The van der Waals surface area contributed by atoms with Gasteiger partial charge < -0.3 is 5.32 Å². The van der Waals surface area contributed by atoms with Crippen molar-refractivity contribution < 1.29 is 4.92 Å². The van der Waals surface area contributed by atoms with Gasteiger partial charge in [0.1, 0.15) is 5.69 Å². The summed E-state index contributed by atoms with van der Waals surface area (Å²) in [6.45, 7) is 2.77. The first-order valence-electron chi connectivity index (χ1n) is 6.89. The summed E-state index contributed by atoms with van der Waals surface area (Å²) < 4.78 is 0. The lowest BCUT2D eigenvalue weighted by atomic mass is 10.2. The van der Waals surface area contributed by atoms with Crippen molar-refractivity contribution >= 4 is 23.1 Å². The van der Waals surface area contributed by atoms with Crippen molar-refractivity contribution in [3.63, 3.8) is 0 Å². The highest BCUT2D eigenvalue weighted by atomic mass is 32.2. The summed E-state index contributed by atoms with van der Waals surface area (Å²) in [7, 11) is 0. The van der Waals surface area contributed by atoms with E-state index in [4.69, 9.17) is 0 Å². The highest BCUT2D eigenvalue weighted by Gasteiger charge is 2.13. The third kappa shape index (κ3) is 4.49. The van der Waals surface area contributed by atoms with Crippen LogP contribution >= 0.6 is 11.8 Å². The van der Waals surface area contributed by atoms with E-state index in [1.807, 2.05) is 37.3 Å². The van der Waals surface area contributed by atoms with E-state index in [9.17, 15) is 10.1 Å². The number of anilines is 1. The minimum Gasteiger partial charge on any atom is -0.379 e. The topological polar surface area (TPSA) is 55.2 Å². The van der Waals surface area contributed by atoms with Gasteiger partial charge in [-0.25, -0.2) is 0 Å². The average Bonchev–Trinajstić information content (AvgIpc) is 2.51. The van der Waals surface area contributed by atoms with Crippen LogP contribution in [0.4, 0.5) is 11.4 Å². The van der Waals surface area contributed by atoms with Gasteiger partial charge in [0, 0.05) is 23.3 Å². The Morgan fingerprint density at radius 3 is 2.62 bits per heavy atom. The van der Waals surface area contributed by atoms with Crippen LogP contribution in [0.5, 0.6) is 0 Å². The van der Waals surface area contributed by atoms with Crippen LogP contribution in [0.2, 0.25) is 0 Å². The van der Waals surface area contributed by atoms with Crippen molar-refractivity contribution in [2.24, 2.45) is 0 Å². The molecule has 5 heteroatoms. The molecule has 0 saturated heterocycles. The van der Waals surface area contributed by atoms with E-state index in [0.29, 0.717) is 5.69 Å². The molecule has 0 bridgehead atoms. The minimum absolute atomic E-state index is 0.136. The first kappa shape index (κ1) is 15.4. The predicted molar refractivity (Wildman–Crippen MR) is 87.9 cm³/mol. The number of hydrogen-bond acceptors (Lipinski definition) is 4. The van der Waals surface area contributed by atoms with E-state index in [2.05, 4.69) is 17.4 Å². The number of nitrogens with one attached hydrogen (secondary N) is 1. The number of nitro groups is 1. The Morgan fingerprint density at radius 1 is 1.19 bits per heavy atom. The Labute approximate surface area is 128 Å². The maximum Gasteiger partial charge on any atom is 0.292 e. The molecule has 0 unspecified atom stereocenters. The average molecular weight is 302 g/mol. The molecule has 0 aromatic heterocycles. The van der Waals surface area contributed by atoms with Crippen LogP contribution in [0.1, 0.15) is 18.9 Å². The SMILES string of the molecule is CCCNc1cc(CSc2ccccc2)ccc1[N+](=O)[O-]. The highest BCUT2D eigenvalue weighted by Crippen LogP contribution is 2.29. The number of nitro benzene ring substituents is 1. The fraction of sp³-hybridized carbons (Fsp3) is 0.250. The van der Waals surface area contributed by atoms with Gasteiger partial charge in [0.05, 0.1) is 4.92 Å². The van der Waals surface area contributed by atoms with Gasteiger partial charge in [-0.15, -0.1) is 11.8 Å². The predicted octanol–water partition coefficient (Wildman–Crippen LogP) is 4.71. The van der Waals surface area contributed by atoms with Crippen LogP contribution in [0.15, 0.2) is 53.4 Å². The van der Waals surface area contributed by atoms with Crippen LogP contribution in [0.3, 0.4) is 0 Å². The molecule has 0 aliphatic rings. The molecule has 1 N–H and O–H groups in total. The van der Waals surface area contributed by atoms with Gasteiger partial charge in [-0.3, -0.25) is 10.1 Å². The summed E-state index contributed by atoms with van der Waals surface area (Å²) in [5, 5.41) is 14.2. The van der Waals surface area contributed by atoms with Gasteiger partial charge >= 0.3 is 0 Å². The molecule has 0 fully saturated rings. The lowest BCUT2D eigenvalue weighted by Gasteiger charge is -2.08. The Hall–Kier alpha value is -2.01. The number of benzene rings is 2. The van der Waals surface area contributed by atoms with Gasteiger partial charge in [0.25, 0.3) is 5.69 Å². The molecule has 0 atom stereocenters. The summed E-state index contributed by atoms with van der Waals surface area (Å²) in [5.41, 5.74) is 1.82. The standard InChI is InChI=1S/C16H18N2O2S/c1-2-10-17-15-11-13(8-9-16(15)18(19)20)12-21-14-6-4-3-5-7-14/h3-9,11,17H,2,10,12H2,1H3. The minimum atomic E-state index is -0.341. The lowest BCUT2D eigenvalue weighted by molar-refractivity contribution is -0.384. The van der Waals surface area contributed by atoms with E-state index in [-0.39, 0.29) is 10.6 Å². The second kappa shape index (κ2) is 7.69. The van der Waals surface area contributed by atoms with Gasteiger partial charge in [0.15, 0.2) is 0 Å². The number of hydrogen-bond donors (Lipinski definition) is 1. The quantitative estimate of drug-likeness (QED) is 0.457. The molecule has 0 amide bonds. The molecule has 4 nitrogen and oxygen atoms in total. The van der Waals surface area contributed by atoms with Crippen molar-refractivity contribution in [2.75, 3.05) is 11.9 Å². The van der Waals surface area contributed by atoms with E-state index in [1.165, 1.54) is 4.90 Å². The van der Waals surface area contributed by atoms with E-state index >= 15 is 0 Å². The van der Waals surface area contributed by atoms with Crippen LogP contribution < -0.4 is 5.32 Å². The third-order valence-corrected chi connectivity index (χ3v) is 4.05. The maximum atomic E-state index is 11.0. The van der Waals surface area contributed by atoms with Gasteiger partial charge in [-0.2, -0.15) is 0 Å².